The molecular weight excluding hydrogens is 201 g/mol. The zero-order chi connectivity index (χ0) is 10.3. The van der Waals surface area contributed by atoms with Gasteiger partial charge >= 0.3 is 11.8 Å². The molecule has 3 nitrogen and oxygen atoms in total. The largest absolute Gasteiger partial charge is 0.469 e. The molecule has 0 amide bonds. The van der Waals surface area contributed by atoms with Crippen LogP contribution in [0.2, 0.25) is 0 Å². The molecule has 0 N–H and O–H groups in total. The van der Waals surface area contributed by atoms with Crippen LogP contribution in [0.4, 0.5) is 13.2 Å². The summed E-state index contributed by atoms with van der Waals surface area (Å²) < 4.78 is 45.9. The van der Waals surface area contributed by atoms with Crippen LogP contribution in [0.25, 0.3) is 11.3 Å². The van der Waals surface area contributed by atoms with Crippen molar-refractivity contribution in [3.63, 3.8) is 0 Å². The first-order chi connectivity index (χ1) is 6.50. The van der Waals surface area contributed by atoms with Crippen LogP contribution in [0.15, 0.2) is 32.2 Å². The molecule has 6 heteroatoms. The van der Waals surface area contributed by atoms with E-state index in [1.165, 1.54) is 0 Å². The normalized spacial score (nSPS) is 12.2. The molecule has 0 unspecified atom stereocenters. The molecule has 0 atom stereocenters. The molecule has 2 aliphatic rings. The lowest BCUT2D eigenvalue weighted by Gasteiger charge is -2.02. The summed E-state index contributed by atoms with van der Waals surface area (Å²) in [5, 5.41) is 0. The second-order valence-electron chi connectivity index (χ2n) is 2.60. The second kappa shape index (κ2) is 2.63. The van der Waals surface area contributed by atoms with Crippen molar-refractivity contribution in [1.82, 2.24) is 0 Å². The molecular formula is C8H3F3O3. The fourth-order valence-corrected chi connectivity index (χ4v) is 1.17. The molecule has 0 aromatic heterocycles. The summed E-state index contributed by atoms with van der Waals surface area (Å²) in [4.78, 5) is 10.9. The number of furan rings is 1. The van der Waals surface area contributed by atoms with Crippen molar-refractivity contribution in [2.75, 3.05) is 0 Å². The minimum absolute atomic E-state index is 0.204. The molecule has 0 aromatic rings. The van der Waals surface area contributed by atoms with Crippen molar-refractivity contribution in [3.05, 3.63) is 34.6 Å². The first-order valence-corrected chi connectivity index (χ1v) is 3.56. The van der Waals surface area contributed by atoms with E-state index in [1.807, 2.05) is 0 Å². The summed E-state index contributed by atoms with van der Waals surface area (Å²) in [7, 11) is 0. The predicted molar refractivity (Wildman–Crippen MR) is 38.9 cm³/mol. The van der Waals surface area contributed by atoms with Crippen LogP contribution < -0.4 is 5.63 Å². The minimum Gasteiger partial charge on any atom is -0.469 e. The van der Waals surface area contributed by atoms with Crippen LogP contribution in [-0.4, -0.2) is 0 Å². The molecule has 2 heterocycles. The van der Waals surface area contributed by atoms with Gasteiger partial charge in [-0.25, -0.2) is 4.79 Å². The Bertz CT molecular complexity index is 480. The lowest BCUT2D eigenvalue weighted by Crippen LogP contribution is -2.14. The fourth-order valence-electron chi connectivity index (χ4n) is 1.17. The van der Waals surface area contributed by atoms with E-state index in [1.54, 1.807) is 0 Å². The monoisotopic (exact) mass is 204 g/mol. The highest BCUT2D eigenvalue weighted by molar-refractivity contribution is 5.62. The lowest BCUT2D eigenvalue weighted by atomic mass is 10.1. The molecule has 0 aliphatic carbocycles. The molecule has 14 heavy (non-hydrogen) atoms. The van der Waals surface area contributed by atoms with Gasteiger partial charge in [-0.1, -0.05) is 0 Å². The van der Waals surface area contributed by atoms with Gasteiger partial charge in [0, 0.05) is 5.56 Å². The first kappa shape index (κ1) is 8.86. The van der Waals surface area contributed by atoms with Gasteiger partial charge in [0.15, 0.2) is 11.3 Å². The zero-order valence-electron chi connectivity index (χ0n) is 6.59. The van der Waals surface area contributed by atoms with E-state index in [0.29, 0.717) is 0 Å². The second-order valence-corrected chi connectivity index (χ2v) is 2.60. The maximum absolute atomic E-state index is 12.3. The van der Waals surface area contributed by atoms with E-state index in [-0.39, 0.29) is 11.3 Å². The van der Waals surface area contributed by atoms with Crippen LogP contribution in [0.1, 0.15) is 5.56 Å². The summed E-state index contributed by atoms with van der Waals surface area (Å²) >= 11 is 0. The van der Waals surface area contributed by atoms with E-state index in [0.717, 1.165) is 18.6 Å². The van der Waals surface area contributed by atoms with Crippen molar-refractivity contribution in [2.45, 2.75) is 6.18 Å². The Hall–Kier alpha value is -1.72. The zero-order valence-corrected chi connectivity index (χ0v) is 6.59. The number of hydrogen-bond acceptors (Lipinski definition) is 3. The highest BCUT2D eigenvalue weighted by Crippen LogP contribution is 2.36. The molecule has 0 radical (unpaired) electrons. The standard InChI is InChI=1S/C8H3F3O3/c9-8(10,11)6-4-1-2-13-3-5(4)14-7(6)12/h1-3H. The third kappa shape index (κ3) is 1.19. The summed E-state index contributed by atoms with van der Waals surface area (Å²) in [5.74, 6) is -0.204. The SMILES string of the molecule is O=c1oc2coccc-2c1C(F)(F)F. The molecule has 2 rings (SSSR count). The highest BCUT2D eigenvalue weighted by Gasteiger charge is 2.40. The highest BCUT2D eigenvalue weighted by atomic mass is 19.4. The Labute approximate surface area is 75.1 Å². The topological polar surface area (TPSA) is 43.4 Å². The van der Waals surface area contributed by atoms with Crippen LogP contribution in [0.3, 0.4) is 0 Å². The van der Waals surface area contributed by atoms with Crippen LogP contribution in [0.5, 0.6) is 0 Å². The van der Waals surface area contributed by atoms with Crippen LogP contribution in [-0.2, 0) is 6.18 Å². The van der Waals surface area contributed by atoms with Gasteiger partial charge in [0.1, 0.15) is 6.26 Å². The van der Waals surface area contributed by atoms with Gasteiger partial charge in [0.2, 0.25) is 0 Å². The fraction of sp³-hybridized carbons (Fsp3) is 0.125. The number of hydrogen-bond donors (Lipinski definition) is 0. The van der Waals surface area contributed by atoms with E-state index in [4.69, 9.17) is 0 Å². The van der Waals surface area contributed by atoms with Crippen molar-refractivity contribution < 1.29 is 22.0 Å². The maximum atomic E-state index is 12.3. The number of halogens is 3. The number of rotatable bonds is 0. The van der Waals surface area contributed by atoms with Gasteiger partial charge < -0.3 is 8.83 Å². The average Bonchev–Trinajstić information content (AvgIpc) is 2.38. The van der Waals surface area contributed by atoms with E-state index < -0.39 is 17.4 Å². The molecule has 0 spiro atoms. The third-order valence-electron chi connectivity index (χ3n) is 1.71. The van der Waals surface area contributed by atoms with Crippen molar-refractivity contribution >= 4 is 0 Å². The van der Waals surface area contributed by atoms with Gasteiger partial charge in [0.05, 0.1) is 6.26 Å². The van der Waals surface area contributed by atoms with Crippen molar-refractivity contribution in [1.29, 1.82) is 0 Å². The molecule has 0 aromatic carbocycles. The Morgan fingerprint density at radius 2 is 2.00 bits per heavy atom. The summed E-state index contributed by atoms with van der Waals surface area (Å²) in [6.45, 7) is 0. The van der Waals surface area contributed by atoms with E-state index >= 15 is 0 Å². The number of alkyl halides is 3. The first-order valence-electron chi connectivity index (χ1n) is 3.56. The van der Waals surface area contributed by atoms with Gasteiger partial charge in [-0.15, -0.1) is 0 Å². The molecule has 0 saturated carbocycles. The Kier molecular flexibility index (Phi) is 1.67. The average molecular weight is 204 g/mol. The molecule has 0 fully saturated rings. The quantitative estimate of drug-likeness (QED) is 0.661. The van der Waals surface area contributed by atoms with Gasteiger partial charge in [-0.05, 0) is 6.07 Å². The van der Waals surface area contributed by atoms with E-state index in [2.05, 4.69) is 8.83 Å². The smallest absolute Gasteiger partial charge is 0.424 e. The van der Waals surface area contributed by atoms with Crippen LogP contribution >= 0.6 is 0 Å². The van der Waals surface area contributed by atoms with Crippen molar-refractivity contribution in [2.24, 2.45) is 0 Å². The van der Waals surface area contributed by atoms with Crippen molar-refractivity contribution in [3.8, 4) is 11.3 Å². The van der Waals surface area contributed by atoms with Gasteiger partial charge in [0.25, 0.3) is 0 Å². The summed E-state index contributed by atoms with van der Waals surface area (Å²) in [6.07, 6.45) is -2.71. The summed E-state index contributed by atoms with van der Waals surface area (Å²) in [6, 6.07) is 1.04. The van der Waals surface area contributed by atoms with Gasteiger partial charge in [-0.2, -0.15) is 13.2 Å². The molecule has 0 saturated heterocycles. The Balaban J connectivity index is 2.79. The molecule has 2 aliphatic heterocycles. The van der Waals surface area contributed by atoms with Crippen LogP contribution in [0, 0.1) is 0 Å². The maximum Gasteiger partial charge on any atom is 0.424 e. The molecule has 0 bridgehead atoms. The number of fused-ring (bicyclic) bond motifs is 1. The third-order valence-corrected chi connectivity index (χ3v) is 1.71. The minimum atomic E-state index is -4.70. The predicted octanol–water partition coefficient (Wildman–Crippen LogP) is 2.36. The van der Waals surface area contributed by atoms with E-state index in [9.17, 15) is 18.0 Å². The Morgan fingerprint density at radius 3 is 2.64 bits per heavy atom. The summed E-state index contributed by atoms with van der Waals surface area (Å²) in [5.41, 5.74) is -2.97. The Morgan fingerprint density at radius 1 is 1.29 bits per heavy atom. The molecule has 74 valence electrons. The van der Waals surface area contributed by atoms with Gasteiger partial charge in [-0.3, -0.25) is 0 Å². The lowest BCUT2D eigenvalue weighted by molar-refractivity contribution is -0.138.